The molecule has 5 heteroatoms. The molecular formula is C18H22O5. The first kappa shape index (κ1) is 18.7. The predicted octanol–water partition coefficient (Wildman–Crippen LogP) is 2.07. The smallest absolute Gasteiger partial charge is 0.324 e. The number of methoxy groups -OCH3 is 2. The Bertz CT molecular complexity index is 546. The third kappa shape index (κ3) is 4.82. The molecule has 1 aliphatic rings. The lowest BCUT2D eigenvalue weighted by Gasteiger charge is -2.24. The molecule has 0 heterocycles. The van der Waals surface area contributed by atoms with Crippen LogP contribution in [0.4, 0.5) is 0 Å². The number of carbonyl (C=O) groups is 3. The summed E-state index contributed by atoms with van der Waals surface area (Å²) in [6.07, 6.45) is 9.03. The molecule has 23 heavy (non-hydrogen) atoms. The van der Waals surface area contributed by atoms with Crippen molar-refractivity contribution in [3.8, 4) is 11.8 Å². The third-order valence-electron chi connectivity index (χ3n) is 3.90. The molecule has 124 valence electrons. The third-order valence-corrected chi connectivity index (χ3v) is 3.90. The van der Waals surface area contributed by atoms with Gasteiger partial charge in [-0.15, -0.1) is 11.8 Å². The van der Waals surface area contributed by atoms with E-state index in [4.69, 9.17) is 9.47 Å². The summed E-state index contributed by atoms with van der Waals surface area (Å²) in [4.78, 5) is 34.6. The van der Waals surface area contributed by atoms with Crippen molar-refractivity contribution in [3.05, 3.63) is 24.3 Å². The molecule has 1 fully saturated rings. The van der Waals surface area contributed by atoms with Crippen LogP contribution in [0.2, 0.25) is 0 Å². The van der Waals surface area contributed by atoms with Gasteiger partial charge in [0.05, 0.1) is 14.2 Å². The van der Waals surface area contributed by atoms with Gasteiger partial charge in [-0.05, 0) is 37.7 Å². The summed E-state index contributed by atoms with van der Waals surface area (Å²) < 4.78 is 9.58. The molecule has 2 atom stereocenters. The van der Waals surface area contributed by atoms with Crippen LogP contribution in [0, 0.1) is 29.1 Å². The molecule has 1 saturated carbocycles. The number of ether oxygens (including phenoxy) is 2. The summed E-state index contributed by atoms with van der Waals surface area (Å²) in [5.41, 5.74) is -1.44. The van der Waals surface area contributed by atoms with Crippen LogP contribution in [-0.4, -0.2) is 32.4 Å². The van der Waals surface area contributed by atoms with Gasteiger partial charge in [0, 0.05) is 6.42 Å². The molecule has 0 aromatic rings. The van der Waals surface area contributed by atoms with E-state index >= 15 is 0 Å². The summed E-state index contributed by atoms with van der Waals surface area (Å²) in [5, 5.41) is 0. The van der Waals surface area contributed by atoms with Crippen LogP contribution in [0.15, 0.2) is 24.3 Å². The van der Waals surface area contributed by atoms with Crippen molar-refractivity contribution in [2.45, 2.75) is 26.2 Å². The molecule has 0 aromatic carbocycles. The quantitative estimate of drug-likeness (QED) is 0.171. The minimum Gasteiger partial charge on any atom is -0.468 e. The van der Waals surface area contributed by atoms with E-state index < -0.39 is 17.4 Å². The van der Waals surface area contributed by atoms with Crippen LogP contribution >= 0.6 is 0 Å². The zero-order valence-electron chi connectivity index (χ0n) is 13.7. The average Bonchev–Trinajstić information content (AvgIpc) is 3.32. The van der Waals surface area contributed by atoms with Crippen LogP contribution in [-0.2, 0) is 23.9 Å². The maximum absolute atomic E-state index is 12.2. The Morgan fingerprint density at radius 2 is 1.78 bits per heavy atom. The van der Waals surface area contributed by atoms with Crippen LogP contribution < -0.4 is 0 Å². The summed E-state index contributed by atoms with van der Waals surface area (Å²) in [6.45, 7) is 1.64. The molecule has 0 saturated heterocycles. The van der Waals surface area contributed by atoms with Gasteiger partial charge in [0.1, 0.15) is 6.29 Å². The molecular weight excluding hydrogens is 296 g/mol. The summed E-state index contributed by atoms with van der Waals surface area (Å²) in [5.74, 6) is 4.84. The van der Waals surface area contributed by atoms with Crippen molar-refractivity contribution in [2.24, 2.45) is 17.3 Å². The highest BCUT2D eigenvalue weighted by Gasteiger charge is 2.47. The Hall–Kier alpha value is -2.35. The number of aldehydes is 1. The van der Waals surface area contributed by atoms with Crippen molar-refractivity contribution in [2.75, 3.05) is 14.2 Å². The van der Waals surface area contributed by atoms with Gasteiger partial charge in [-0.1, -0.05) is 18.2 Å². The number of rotatable bonds is 8. The van der Waals surface area contributed by atoms with E-state index in [9.17, 15) is 14.4 Å². The molecule has 0 aliphatic heterocycles. The SMILES string of the molecule is CC#CCC(C/C=C/[C@@H]1C[C@@H]1/C=C/C=O)(C(=O)OC)C(=O)OC. The fourth-order valence-electron chi connectivity index (χ4n) is 2.41. The molecule has 0 radical (unpaired) electrons. The maximum Gasteiger partial charge on any atom is 0.324 e. The Labute approximate surface area is 136 Å². The van der Waals surface area contributed by atoms with Gasteiger partial charge < -0.3 is 9.47 Å². The summed E-state index contributed by atoms with van der Waals surface area (Å²) in [7, 11) is 2.48. The average molecular weight is 318 g/mol. The Balaban J connectivity index is 2.85. The lowest BCUT2D eigenvalue weighted by atomic mass is 9.81. The van der Waals surface area contributed by atoms with Gasteiger partial charge in [-0.25, -0.2) is 0 Å². The van der Waals surface area contributed by atoms with Gasteiger partial charge in [-0.2, -0.15) is 0 Å². The molecule has 0 aromatic heterocycles. The van der Waals surface area contributed by atoms with Crippen LogP contribution in [0.25, 0.3) is 0 Å². The van der Waals surface area contributed by atoms with E-state index in [1.807, 2.05) is 12.2 Å². The number of allylic oxidation sites excluding steroid dienone is 4. The molecule has 1 rings (SSSR count). The topological polar surface area (TPSA) is 69.7 Å². The standard InChI is InChI=1S/C18H22O5/c1-4-5-10-18(16(20)22-2,17(21)23-3)11-6-8-14-13-15(14)9-7-12-19/h6-9,12,14-15H,10-11,13H2,1-3H3/b8-6+,9-7+/t14-,15+/m1/s1. The second-order valence-electron chi connectivity index (χ2n) is 5.39. The van der Waals surface area contributed by atoms with E-state index in [-0.39, 0.29) is 12.8 Å². The number of hydrogen-bond acceptors (Lipinski definition) is 5. The number of esters is 2. The van der Waals surface area contributed by atoms with E-state index in [0.29, 0.717) is 11.8 Å². The van der Waals surface area contributed by atoms with Crippen LogP contribution in [0.5, 0.6) is 0 Å². The Kier molecular flexibility index (Phi) is 7.27. The minimum absolute atomic E-state index is 0.0479. The molecule has 5 nitrogen and oxygen atoms in total. The number of carbonyl (C=O) groups excluding carboxylic acids is 3. The molecule has 0 unspecified atom stereocenters. The maximum atomic E-state index is 12.2. The first-order chi connectivity index (χ1) is 11.1. The van der Waals surface area contributed by atoms with Crippen molar-refractivity contribution in [1.82, 2.24) is 0 Å². The molecule has 0 bridgehead atoms. The highest BCUT2D eigenvalue weighted by Crippen LogP contribution is 2.41. The monoisotopic (exact) mass is 318 g/mol. The van der Waals surface area contributed by atoms with E-state index in [1.165, 1.54) is 20.3 Å². The number of hydrogen-bond donors (Lipinski definition) is 0. The van der Waals surface area contributed by atoms with E-state index in [0.717, 1.165) is 12.7 Å². The van der Waals surface area contributed by atoms with Gasteiger partial charge in [0.25, 0.3) is 0 Å². The zero-order chi connectivity index (χ0) is 17.3. The van der Waals surface area contributed by atoms with E-state index in [2.05, 4.69) is 11.8 Å². The lowest BCUT2D eigenvalue weighted by molar-refractivity contribution is -0.168. The Morgan fingerprint density at radius 3 is 2.30 bits per heavy atom. The molecule has 1 aliphatic carbocycles. The predicted molar refractivity (Wildman–Crippen MR) is 85.1 cm³/mol. The van der Waals surface area contributed by atoms with Gasteiger partial charge in [0.15, 0.2) is 5.41 Å². The van der Waals surface area contributed by atoms with Crippen LogP contribution in [0.3, 0.4) is 0 Å². The van der Waals surface area contributed by atoms with E-state index in [1.54, 1.807) is 13.0 Å². The summed E-state index contributed by atoms with van der Waals surface area (Å²) in [6, 6.07) is 0. The van der Waals surface area contributed by atoms with Gasteiger partial charge >= 0.3 is 11.9 Å². The first-order valence-electron chi connectivity index (χ1n) is 7.40. The molecule has 0 amide bonds. The highest BCUT2D eigenvalue weighted by atomic mass is 16.5. The van der Waals surface area contributed by atoms with Gasteiger partial charge in [-0.3, -0.25) is 14.4 Å². The lowest BCUT2D eigenvalue weighted by Crippen LogP contribution is -2.40. The van der Waals surface area contributed by atoms with Crippen LogP contribution in [0.1, 0.15) is 26.2 Å². The van der Waals surface area contributed by atoms with Crippen molar-refractivity contribution >= 4 is 18.2 Å². The normalized spacial score (nSPS) is 20.0. The van der Waals surface area contributed by atoms with Crippen molar-refractivity contribution in [3.63, 3.8) is 0 Å². The largest absolute Gasteiger partial charge is 0.468 e. The molecule has 0 spiro atoms. The van der Waals surface area contributed by atoms with Gasteiger partial charge in [0.2, 0.25) is 0 Å². The second-order valence-corrected chi connectivity index (χ2v) is 5.39. The summed E-state index contributed by atoms with van der Waals surface area (Å²) >= 11 is 0. The highest BCUT2D eigenvalue weighted by molar-refractivity contribution is 6.00. The zero-order valence-corrected chi connectivity index (χ0v) is 13.7. The first-order valence-corrected chi connectivity index (χ1v) is 7.40. The second kappa shape index (κ2) is 8.94. The Morgan fingerprint density at radius 1 is 1.17 bits per heavy atom. The fourth-order valence-corrected chi connectivity index (χ4v) is 2.41. The minimum atomic E-state index is -1.44. The van der Waals surface area contributed by atoms with Crippen molar-refractivity contribution in [1.29, 1.82) is 0 Å². The fraction of sp³-hybridized carbons (Fsp3) is 0.500. The van der Waals surface area contributed by atoms with Crippen molar-refractivity contribution < 1.29 is 23.9 Å². The molecule has 0 N–H and O–H groups in total.